The number of halogens is 1. The van der Waals surface area contributed by atoms with Gasteiger partial charge in [-0.2, -0.15) is 15.1 Å². The first kappa shape index (κ1) is 20.3. The Kier molecular flexibility index (Phi) is 5.44. The van der Waals surface area contributed by atoms with Crippen molar-refractivity contribution < 1.29 is 4.39 Å². The fourth-order valence-corrected chi connectivity index (χ4v) is 3.47. The second kappa shape index (κ2) is 8.85. The maximum atomic E-state index is 14.8. The Hall–Kier alpha value is -4.63. The van der Waals surface area contributed by atoms with Crippen molar-refractivity contribution in [2.24, 2.45) is 5.84 Å². The number of nitrogens with zero attached hydrogens (tertiary/aromatic N) is 5. The second-order valence-electron chi connectivity index (χ2n) is 7.12. The number of pyridine rings is 1. The molecule has 0 atom stereocenters. The molecule has 0 spiro atoms. The van der Waals surface area contributed by atoms with Gasteiger partial charge in [-0.15, -0.1) is 0 Å². The maximum Gasteiger partial charge on any atom is 0.231 e. The van der Waals surface area contributed by atoms with Gasteiger partial charge in [0.1, 0.15) is 5.82 Å². The molecule has 8 nitrogen and oxygen atoms in total. The standard InChI is InChI=1S/C24H19FN8/c25-20-9-5-4-8-19(20)21-22(32-26)30-24(29-18-6-2-1-3-7-18)31-23(21)33-15-17(14-28-33)16-10-12-27-13-11-16/h1-15H,26H2,(H2,29,30,31,32). The summed E-state index contributed by atoms with van der Waals surface area (Å²) in [6, 6.07) is 19.6. The van der Waals surface area contributed by atoms with Gasteiger partial charge in [0, 0.05) is 35.4 Å². The first-order valence-electron chi connectivity index (χ1n) is 10.1. The highest BCUT2D eigenvalue weighted by molar-refractivity contribution is 5.83. The van der Waals surface area contributed by atoms with E-state index in [-0.39, 0.29) is 11.8 Å². The number of aromatic nitrogens is 5. The molecule has 0 aliphatic rings. The molecule has 0 bridgehead atoms. The van der Waals surface area contributed by atoms with Crippen molar-refractivity contribution in [1.82, 2.24) is 24.7 Å². The van der Waals surface area contributed by atoms with Crippen LogP contribution in [0.3, 0.4) is 0 Å². The van der Waals surface area contributed by atoms with Crippen LogP contribution in [0.15, 0.2) is 91.5 Å². The van der Waals surface area contributed by atoms with E-state index >= 15 is 0 Å². The number of hydrazine groups is 1. The van der Waals surface area contributed by atoms with Gasteiger partial charge < -0.3 is 10.7 Å². The van der Waals surface area contributed by atoms with Gasteiger partial charge in [0.05, 0.1) is 11.8 Å². The van der Waals surface area contributed by atoms with Crippen LogP contribution >= 0.6 is 0 Å². The number of nitrogen functional groups attached to an aromatic ring is 1. The third-order valence-corrected chi connectivity index (χ3v) is 5.01. The molecule has 33 heavy (non-hydrogen) atoms. The highest BCUT2D eigenvalue weighted by Gasteiger charge is 2.21. The molecular weight excluding hydrogens is 419 g/mol. The average molecular weight is 438 g/mol. The lowest BCUT2D eigenvalue weighted by molar-refractivity contribution is 0.631. The molecule has 162 valence electrons. The number of hydrogen-bond donors (Lipinski definition) is 3. The zero-order chi connectivity index (χ0) is 22.6. The Balaban J connectivity index is 1.69. The molecule has 5 rings (SSSR count). The van der Waals surface area contributed by atoms with Crippen molar-refractivity contribution in [3.63, 3.8) is 0 Å². The summed E-state index contributed by atoms with van der Waals surface area (Å²) in [6.07, 6.45) is 6.94. The highest BCUT2D eigenvalue weighted by atomic mass is 19.1. The number of nitrogens with one attached hydrogen (secondary N) is 2. The Morgan fingerprint density at radius 2 is 1.61 bits per heavy atom. The van der Waals surface area contributed by atoms with Crippen LogP contribution in [-0.2, 0) is 0 Å². The minimum atomic E-state index is -0.427. The van der Waals surface area contributed by atoms with Gasteiger partial charge in [-0.1, -0.05) is 36.4 Å². The van der Waals surface area contributed by atoms with Crippen LogP contribution in [0.4, 0.5) is 21.8 Å². The molecule has 3 aromatic heterocycles. The molecular formula is C24H19FN8. The molecule has 0 unspecified atom stereocenters. The second-order valence-corrected chi connectivity index (χ2v) is 7.12. The van der Waals surface area contributed by atoms with Crippen molar-refractivity contribution in [1.29, 1.82) is 0 Å². The van der Waals surface area contributed by atoms with E-state index in [0.29, 0.717) is 16.9 Å². The molecule has 0 aliphatic heterocycles. The first-order valence-corrected chi connectivity index (χ1v) is 10.1. The van der Waals surface area contributed by atoms with Gasteiger partial charge in [-0.3, -0.25) is 4.98 Å². The Morgan fingerprint density at radius 3 is 2.36 bits per heavy atom. The van der Waals surface area contributed by atoms with Crippen LogP contribution in [0.25, 0.3) is 28.1 Å². The van der Waals surface area contributed by atoms with E-state index in [0.717, 1.165) is 16.8 Å². The van der Waals surface area contributed by atoms with Crippen molar-refractivity contribution in [2.75, 3.05) is 10.7 Å². The molecule has 2 aromatic carbocycles. The summed E-state index contributed by atoms with van der Waals surface area (Å²) in [5, 5.41) is 7.65. The predicted octanol–water partition coefficient (Wildman–Crippen LogP) is 4.56. The molecule has 0 radical (unpaired) electrons. The molecule has 5 aromatic rings. The van der Waals surface area contributed by atoms with E-state index in [1.807, 2.05) is 48.7 Å². The molecule has 0 saturated heterocycles. The molecule has 0 amide bonds. The van der Waals surface area contributed by atoms with Gasteiger partial charge in [-0.25, -0.2) is 14.9 Å². The third kappa shape index (κ3) is 4.12. The van der Waals surface area contributed by atoms with Gasteiger partial charge in [0.25, 0.3) is 0 Å². The number of rotatable bonds is 6. The topological polar surface area (TPSA) is 107 Å². The fourth-order valence-electron chi connectivity index (χ4n) is 3.47. The van der Waals surface area contributed by atoms with Crippen LogP contribution in [0.5, 0.6) is 0 Å². The van der Waals surface area contributed by atoms with E-state index in [1.165, 1.54) is 6.07 Å². The summed E-state index contributed by atoms with van der Waals surface area (Å²) < 4.78 is 16.4. The molecule has 0 aliphatic carbocycles. The number of anilines is 3. The first-order chi connectivity index (χ1) is 16.2. The Bertz CT molecular complexity index is 1390. The highest BCUT2D eigenvalue weighted by Crippen LogP contribution is 2.35. The van der Waals surface area contributed by atoms with Crippen LogP contribution in [0, 0.1) is 5.82 Å². The van der Waals surface area contributed by atoms with Crippen LogP contribution < -0.4 is 16.6 Å². The van der Waals surface area contributed by atoms with Gasteiger partial charge in [-0.05, 0) is 35.9 Å². The predicted molar refractivity (Wildman–Crippen MR) is 125 cm³/mol. The van der Waals surface area contributed by atoms with Crippen molar-refractivity contribution in [3.05, 3.63) is 97.3 Å². The fraction of sp³-hybridized carbons (Fsp3) is 0. The van der Waals surface area contributed by atoms with Crippen LogP contribution in [0.2, 0.25) is 0 Å². The van der Waals surface area contributed by atoms with Gasteiger partial charge in [0.15, 0.2) is 11.6 Å². The maximum absolute atomic E-state index is 14.8. The molecule has 9 heteroatoms. The van der Waals surface area contributed by atoms with Crippen LogP contribution in [-0.4, -0.2) is 24.7 Å². The number of para-hydroxylation sites is 1. The largest absolute Gasteiger partial charge is 0.324 e. The summed E-state index contributed by atoms with van der Waals surface area (Å²) in [5.41, 5.74) is 5.87. The third-order valence-electron chi connectivity index (χ3n) is 5.01. The Morgan fingerprint density at radius 1 is 0.848 bits per heavy atom. The summed E-state index contributed by atoms with van der Waals surface area (Å²) in [5.74, 6) is 6.29. The van der Waals surface area contributed by atoms with Crippen LogP contribution in [0.1, 0.15) is 0 Å². The normalized spacial score (nSPS) is 10.7. The van der Waals surface area contributed by atoms with E-state index < -0.39 is 5.82 Å². The Labute approximate surface area is 189 Å². The van der Waals surface area contributed by atoms with E-state index in [9.17, 15) is 4.39 Å². The van der Waals surface area contributed by atoms with E-state index in [1.54, 1.807) is 41.5 Å². The zero-order valence-corrected chi connectivity index (χ0v) is 17.4. The number of hydrogen-bond acceptors (Lipinski definition) is 7. The number of nitrogens with two attached hydrogens (primary N) is 1. The monoisotopic (exact) mass is 438 g/mol. The summed E-state index contributed by atoms with van der Waals surface area (Å²) in [6.45, 7) is 0. The zero-order valence-electron chi connectivity index (χ0n) is 17.4. The van der Waals surface area contributed by atoms with Crippen molar-refractivity contribution in [2.45, 2.75) is 0 Å². The SMILES string of the molecule is NNc1nc(Nc2ccccc2)nc(-n2cc(-c3ccncc3)cn2)c1-c1ccccc1F. The van der Waals surface area contributed by atoms with Gasteiger partial charge >= 0.3 is 0 Å². The minimum Gasteiger partial charge on any atom is -0.324 e. The summed E-state index contributed by atoms with van der Waals surface area (Å²) in [4.78, 5) is 13.2. The van der Waals surface area contributed by atoms with E-state index in [4.69, 9.17) is 5.84 Å². The van der Waals surface area contributed by atoms with Crippen molar-refractivity contribution >= 4 is 17.5 Å². The molecule has 0 fully saturated rings. The average Bonchev–Trinajstić information content (AvgIpc) is 3.36. The lowest BCUT2D eigenvalue weighted by Crippen LogP contribution is -2.15. The summed E-state index contributed by atoms with van der Waals surface area (Å²) >= 11 is 0. The molecule has 3 heterocycles. The lowest BCUT2D eigenvalue weighted by atomic mass is 10.1. The molecule has 0 saturated carbocycles. The lowest BCUT2D eigenvalue weighted by Gasteiger charge is -2.16. The minimum absolute atomic E-state index is 0.254. The quantitative estimate of drug-likeness (QED) is 0.264. The van der Waals surface area contributed by atoms with Gasteiger partial charge in [0.2, 0.25) is 5.95 Å². The van der Waals surface area contributed by atoms with Crippen molar-refractivity contribution in [3.8, 4) is 28.1 Å². The number of benzene rings is 2. The van der Waals surface area contributed by atoms with E-state index in [2.05, 4.69) is 30.8 Å². The molecule has 4 N–H and O–H groups in total. The summed E-state index contributed by atoms with van der Waals surface area (Å²) in [7, 11) is 0. The smallest absolute Gasteiger partial charge is 0.231 e.